The maximum atomic E-state index is 12.5. The Morgan fingerprint density at radius 3 is 2.55 bits per heavy atom. The van der Waals surface area contributed by atoms with Crippen molar-refractivity contribution in [3.8, 4) is 0 Å². The van der Waals surface area contributed by atoms with Gasteiger partial charge in [-0.05, 0) is 25.0 Å². The van der Waals surface area contributed by atoms with E-state index in [4.69, 9.17) is 0 Å². The van der Waals surface area contributed by atoms with Crippen molar-refractivity contribution in [2.24, 2.45) is 0 Å². The molecule has 0 saturated heterocycles. The summed E-state index contributed by atoms with van der Waals surface area (Å²) in [6, 6.07) is 6.07. The molecule has 0 unspecified atom stereocenters. The summed E-state index contributed by atoms with van der Waals surface area (Å²) < 4.78 is 26.3. The van der Waals surface area contributed by atoms with Crippen molar-refractivity contribution in [2.75, 3.05) is 13.7 Å². The zero-order valence-corrected chi connectivity index (χ0v) is 12.5. The predicted molar refractivity (Wildman–Crippen MR) is 75.1 cm³/mol. The van der Waals surface area contributed by atoms with E-state index in [-0.39, 0.29) is 17.3 Å². The smallest absolute Gasteiger partial charge is 0.243 e. The van der Waals surface area contributed by atoms with Gasteiger partial charge in [0.15, 0.2) is 5.78 Å². The van der Waals surface area contributed by atoms with E-state index in [0.29, 0.717) is 24.8 Å². The van der Waals surface area contributed by atoms with Gasteiger partial charge in [0.25, 0.3) is 0 Å². The molecule has 0 radical (unpaired) electrons. The number of aliphatic hydroxyl groups excluding tert-OH is 1. The second kappa shape index (κ2) is 5.27. The molecular weight excluding hydrogens is 278 g/mol. The number of hydrogen-bond acceptors (Lipinski definition) is 4. The Morgan fingerprint density at radius 1 is 1.40 bits per heavy atom. The monoisotopic (exact) mass is 297 g/mol. The maximum absolute atomic E-state index is 12.5. The Labute approximate surface area is 119 Å². The molecule has 0 aliphatic heterocycles. The fourth-order valence-electron chi connectivity index (χ4n) is 2.16. The van der Waals surface area contributed by atoms with Gasteiger partial charge in [0.05, 0.1) is 17.0 Å². The molecule has 0 amide bonds. The van der Waals surface area contributed by atoms with Gasteiger partial charge in [0, 0.05) is 19.0 Å². The average Bonchev–Trinajstić information content (AvgIpc) is 3.26. The summed E-state index contributed by atoms with van der Waals surface area (Å²) in [6.07, 6.45) is 1.65. The van der Waals surface area contributed by atoms with E-state index in [2.05, 4.69) is 0 Å². The van der Waals surface area contributed by atoms with Gasteiger partial charge in [-0.1, -0.05) is 19.1 Å². The Kier molecular flexibility index (Phi) is 4.00. The fourth-order valence-corrected chi connectivity index (χ4v) is 3.76. The number of rotatable bonds is 6. The van der Waals surface area contributed by atoms with E-state index in [1.807, 2.05) is 0 Å². The lowest BCUT2D eigenvalue weighted by molar-refractivity contribution is 0.0988. The number of aliphatic hydroxyl groups is 1. The minimum atomic E-state index is -3.69. The lowest BCUT2D eigenvalue weighted by atomic mass is 10.1. The Bertz CT molecular complexity index is 620. The third kappa shape index (κ3) is 2.51. The van der Waals surface area contributed by atoms with Crippen LogP contribution < -0.4 is 0 Å². The van der Waals surface area contributed by atoms with Crippen LogP contribution in [0.5, 0.6) is 0 Å². The lowest BCUT2D eigenvalue weighted by Crippen LogP contribution is -2.41. The number of likely N-dealkylation sites (N-methyl/N-ethyl adjacent to an activating group) is 1. The van der Waals surface area contributed by atoms with E-state index in [1.54, 1.807) is 19.1 Å². The van der Waals surface area contributed by atoms with Crippen LogP contribution >= 0.6 is 0 Å². The van der Waals surface area contributed by atoms with Crippen LogP contribution in [0, 0.1) is 0 Å². The summed E-state index contributed by atoms with van der Waals surface area (Å²) in [4.78, 5) is 11.8. The molecular formula is C14H19NO4S. The lowest BCUT2D eigenvalue weighted by Gasteiger charge is -2.25. The number of hydrogen-bond donors (Lipinski definition) is 1. The molecule has 1 aliphatic rings. The van der Waals surface area contributed by atoms with Crippen LogP contribution in [0.3, 0.4) is 0 Å². The predicted octanol–water partition coefficient (Wildman–Crippen LogP) is 1.42. The summed E-state index contributed by atoms with van der Waals surface area (Å²) in [5.74, 6) is -0.0898. The Hall–Kier alpha value is -1.24. The summed E-state index contributed by atoms with van der Waals surface area (Å²) in [6.45, 7) is 1.55. The molecule has 2 rings (SSSR count). The Morgan fingerprint density at radius 2 is 2.05 bits per heavy atom. The summed E-state index contributed by atoms with van der Waals surface area (Å²) in [7, 11) is -2.21. The van der Waals surface area contributed by atoms with E-state index >= 15 is 0 Å². The minimum absolute atomic E-state index is 0.0898. The highest BCUT2D eigenvalue weighted by Gasteiger charge is 2.50. The number of sulfonamides is 1. The highest BCUT2D eigenvalue weighted by molar-refractivity contribution is 7.89. The van der Waals surface area contributed by atoms with Crippen LogP contribution in [0.1, 0.15) is 36.5 Å². The molecule has 1 aromatic carbocycles. The first-order valence-corrected chi connectivity index (χ1v) is 8.04. The first kappa shape index (κ1) is 15.2. The van der Waals surface area contributed by atoms with Crippen LogP contribution in [-0.2, 0) is 10.0 Å². The molecule has 1 N–H and O–H groups in total. The fraction of sp³-hybridized carbons (Fsp3) is 0.500. The van der Waals surface area contributed by atoms with Gasteiger partial charge in [0.2, 0.25) is 10.0 Å². The molecule has 1 fully saturated rings. The van der Waals surface area contributed by atoms with Crippen LogP contribution in [-0.4, -0.2) is 42.8 Å². The van der Waals surface area contributed by atoms with Gasteiger partial charge in [-0.15, -0.1) is 0 Å². The molecule has 0 heterocycles. The first-order valence-electron chi connectivity index (χ1n) is 6.60. The minimum Gasteiger partial charge on any atom is -0.394 e. The zero-order valence-electron chi connectivity index (χ0n) is 11.7. The molecule has 1 aromatic rings. The van der Waals surface area contributed by atoms with Crippen molar-refractivity contribution in [3.05, 3.63) is 29.8 Å². The Balaban J connectivity index is 2.37. The van der Waals surface area contributed by atoms with Crippen molar-refractivity contribution in [3.63, 3.8) is 0 Å². The van der Waals surface area contributed by atoms with Crippen LogP contribution in [0.15, 0.2) is 29.2 Å². The number of Topliss-reactive ketones (excluding diaryl/α,β-unsaturated/α-hetero) is 1. The molecule has 0 spiro atoms. The zero-order chi connectivity index (χ0) is 15.0. The number of benzene rings is 1. The van der Waals surface area contributed by atoms with E-state index in [9.17, 15) is 18.3 Å². The second-order valence-corrected chi connectivity index (χ2v) is 7.13. The molecule has 110 valence electrons. The quantitative estimate of drug-likeness (QED) is 0.806. The van der Waals surface area contributed by atoms with Gasteiger partial charge in [0.1, 0.15) is 0 Å². The molecule has 0 atom stereocenters. The third-order valence-corrected chi connectivity index (χ3v) is 5.88. The van der Waals surface area contributed by atoms with Crippen molar-refractivity contribution < 1.29 is 18.3 Å². The highest BCUT2D eigenvalue weighted by Crippen LogP contribution is 2.43. The van der Waals surface area contributed by atoms with Crippen LogP contribution in [0.25, 0.3) is 0 Å². The SMILES string of the molecule is CCC(=O)c1cccc(S(=O)(=O)N(C)C2(CO)CC2)c1. The molecule has 5 nitrogen and oxygen atoms in total. The standard InChI is InChI=1S/C14H19NO4S/c1-3-13(17)11-5-4-6-12(9-11)20(18,19)15(2)14(10-16)7-8-14/h4-6,9,16H,3,7-8,10H2,1-2H3. The van der Waals surface area contributed by atoms with E-state index < -0.39 is 15.6 Å². The largest absolute Gasteiger partial charge is 0.394 e. The van der Waals surface area contributed by atoms with Crippen LogP contribution in [0.2, 0.25) is 0 Å². The average molecular weight is 297 g/mol. The van der Waals surface area contributed by atoms with Gasteiger partial charge in [-0.25, -0.2) is 8.42 Å². The van der Waals surface area contributed by atoms with E-state index in [1.165, 1.54) is 23.5 Å². The third-order valence-electron chi connectivity index (χ3n) is 3.92. The first-order chi connectivity index (χ1) is 9.37. The number of nitrogens with zero attached hydrogens (tertiary/aromatic N) is 1. The summed E-state index contributed by atoms with van der Waals surface area (Å²) in [5.41, 5.74) is -0.264. The van der Waals surface area contributed by atoms with Crippen molar-refractivity contribution in [1.82, 2.24) is 4.31 Å². The highest BCUT2D eigenvalue weighted by atomic mass is 32.2. The summed E-state index contributed by atoms with van der Waals surface area (Å²) >= 11 is 0. The number of ketones is 1. The second-order valence-electron chi connectivity index (χ2n) is 5.16. The van der Waals surface area contributed by atoms with Crippen LogP contribution in [0.4, 0.5) is 0 Å². The topological polar surface area (TPSA) is 74.7 Å². The van der Waals surface area contributed by atoms with Crippen molar-refractivity contribution in [1.29, 1.82) is 0 Å². The molecule has 1 aliphatic carbocycles. The molecule has 0 bridgehead atoms. The number of carbonyl (C=O) groups is 1. The molecule has 0 aromatic heterocycles. The van der Waals surface area contributed by atoms with Gasteiger partial charge < -0.3 is 5.11 Å². The maximum Gasteiger partial charge on any atom is 0.243 e. The van der Waals surface area contributed by atoms with Gasteiger partial charge in [-0.2, -0.15) is 4.31 Å². The molecule has 6 heteroatoms. The van der Waals surface area contributed by atoms with Gasteiger partial charge in [-0.3, -0.25) is 4.79 Å². The normalized spacial score (nSPS) is 17.2. The molecule has 20 heavy (non-hydrogen) atoms. The van der Waals surface area contributed by atoms with E-state index in [0.717, 1.165) is 0 Å². The summed E-state index contributed by atoms with van der Waals surface area (Å²) in [5, 5.41) is 9.36. The van der Waals surface area contributed by atoms with Crippen molar-refractivity contribution >= 4 is 15.8 Å². The molecule has 1 saturated carbocycles. The number of carbonyl (C=O) groups excluding carboxylic acids is 1. The van der Waals surface area contributed by atoms with Gasteiger partial charge >= 0.3 is 0 Å². The van der Waals surface area contributed by atoms with Crippen molar-refractivity contribution in [2.45, 2.75) is 36.6 Å².